The van der Waals surface area contributed by atoms with E-state index < -0.39 is 41.3 Å². The summed E-state index contributed by atoms with van der Waals surface area (Å²) in [7, 11) is 1.90. The maximum atomic E-state index is 13.9. The molecule has 2 aliphatic heterocycles. The van der Waals surface area contributed by atoms with Crippen LogP contribution in [-0.2, 0) is 87.3 Å². The van der Waals surface area contributed by atoms with E-state index in [-0.39, 0.29) is 106 Å². The average Bonchev–Trinajstić information content (AvgIpc) is 4.14. The molecule has 0 aliphatic carbocycles. The largest absolute Gasteiger partial charge is 0.684 e. The van der Waals surface area contributed by atoms with Gasteiger partial charge in [-0.05, 0) is 107 Å². The number of aliphatic hydroxyl groups is 1. The Morgan fingerprint density at radius 1 is 0.903 bits per heavy atom. The molecule has 3 aromatic heterocycles. The molecule has 72 heavy (non-hydrogen) atoms. The first-order valence-electron chi connectivity index (χ1n) is 23.8. The Hall–Kier alpha value is -5.34. The van der Waals surface area contributed by atoms with Crippen LogP contribution >= 0.6 is 11.3 Å². The zero-order chi connectivity index (χ0) is 52.3. The number of benzene rings is 2. The van der Waals surface area contributed by atoms with Crippen molar-refractivity contribution in [3.8, 4) is 10.4 Å². The molecule has 0 bridgehead atoms. The molecule has 2 fully saturated rings. The van der Waals surface area contributed by atoms with Crippen molar-refractivity contribution in [1.29, 1.82) is 0 Å². The van der Waals surface area contributed by atoms with E-state index in [0.29, 0.717) is 17.8 Å². The predicted molar refractivity (Wildman–Crippen MR) is 271 cm³/mol. The number of hydrogen-bond acceptors (Lipinski definition) is 13. The molecule has 0 saturated carbocycles. The number of likely N-dealkylation sites (tertiary alicyclic amines) is 1. The van der Waals surface area contributed by atoms with Gasteiger partial charge in [-0.1, -0.05) is 55.5 Å². The molecule has 2 aliphatic rings. The Bertz CT molecular complexity index is 2610. The number of β-amino-alcohol motifs (C(OH)–C–C–N with tert-alkyl or cyclic N) is 1. The summed E-state index contributed by atoms with van der Waals surface area (Å²) in [6, 6.07) is 18.0. The van der Waals surface area contributed by atoms with Crippen molar-refractivity contribution in [2.24, 2.45) is 11.3 Å². The molecule has 5 amide bonds. The molecular formula is C52H69N11O7SY-2. The third-order valence-corrected chi connectivity index (χ3v) is 12.9. The van der Waals surface area contributed by atoms with Crippen molar-refractivity contribution in [1.82, 2.24) is 50.8 Å². The van der Waals surface area contributed by atoms with Crippen LogP contribution < -0.4 is 16.0 Å². The number of nitrogens with one attached hydrogen (secondary N) is 3. The van der Waals surface area contributed by atoms with Gasteiger partial charge in [-0.2, -0.15) is 0 Å². The molecule has 7 rings (SSSR count). The molecule has 2 aromatic carbocycles. The molecule has 2 saturated heterocycles. The Morgan fingerprint density at radius 2 is 1.54 bits per heavy atom. The maximum absolute atomic E-state index is 13.9. The first-order chi connectivity index (χ1) is 33.3. The average molecular weight is 1080 g/mol. The summed E-state index contributed by atoms with van der Waals surface area (Å²) >= 11 is 1.70. The molecule has 385 valence electrons. The number of imide groups is 1. The summed E-state index contributed by atoms with van der Waals surface area (Å²) in [6.45, 7) is 21.3. The second-order valence-electron chi connectivity index (χ2n) is 20.9. The molecule has 1 radical (unpaired) electrons. The van der Waals surface area contributed by atoms with Gasteiger partial charge in [-0.15, -0.1) is 57.4 Å². The topological polar surface area (TPSA) is 237 Å². The summed E-state index contributed by atoms with van der Waals surface area (Å²) in [4.78, 5) is 77.0. The van der Waals surface area contributed by atoms with E-state index in [1.54, 1.807) is 46.5 Å². The molecule has 0 spiro atoms. The van der Waals surface area contributed by atoms with Crippen molar-refractivity contribution in [3.63, 3.8) is 0 Å². The third kappa shape index (κ3) is 17.1. The van der Waals surface area contributed by atoms with Crippen LogP contribution in [0.25, 0.3) is 15.8 Å². The van der Waals surface area contributed by atoms with Gasteiger partial charge < -0.3 is 30.8 Å². The fourth-order valence-corrected chi connectivity index (χ4v) is 8.59. The number of aryl methyl sites for hydroxylation is 1. The van der Waals surface area contributed by atoms with Crippen LogP contribution in [0.5, 0.6) is 0 Å². The molecule has 18 nitrogen and oxygen atoms in total. The van der Waals surface area contributed by atoms with Crippen LogP contribution in [0.15, 0.2) is 72.4 Å². The summed E-state index contributed by atoms with van der Waals surface area (Å²) in [5, 5.41) is 40.8. The van der Waals surface area contributed by atoms with E-state index in [1.165, 1.54) is 15.3 Å². The van der Waals surface area contributed by atoms with E-state index in [9.17, 15) is 33.9 Å². The number of Topliss-reactive ketones (excluding diaryl/α,β-unsaturated/α-hetero) is 1. The number of piperidine rings is 1. The van der Waals surface area contributed by atoms with Crippen LogP contribution in [0, 0.1) is 24.3 Å². The molecule has 4 N–H and O–H groups in total. The van der Waals surface area contributed by atoms with E-state index >= 15 is 0 Å². The fourth-order valence-electron chi connectivity index (χ4n) is 7.66. The molecule has 5 heterocycles. The maximum Gasteiger partial charge on any atom is 0.243 e. The fraction of sp³-hybridized carbons (Fsp3) is 0.500. The van der Waals surface area contributed by atoms with Gasteiger partial charge in [0.1, 0.15) is 11.8 Å². The van der Waals surface area contributed by atoms with E-state index in [2.05, 4.69) is 87.1 Å². The first kappa shape index (κ1) is 59.2. The summed E-state index contributed by atoms with van der Waals surface area (Å²) in [5.74, 6) is -2.69. The number of nitrogens with zero attached hydrogens (tertiary/aromatic N) is 8. The summed E-state index contributed by atoms with van der Waals surface area (Å²) < 4.78 is 3.59. The van der Waals surface area contributed by atoms with Gasteiger partial charge in [0.15, 0.2) is 0 Å². The van der Waals surface area contributed by atoms with Crippen LogP contribution in [0.4, 0.5) is 0 Å². The zero-order valence-corrected chi connectivity index (χ0v) is 47.0. The molecule has 4 atom stereocenters. The summed E-state index contributed by atoms with van der Waals surface area (Å²) in [6.07, 6.45) is 3.68. The zero-order valence-electron chi connectivity index (χ0n) is 43.4. The van der Waals surface area contributed by atoms with Crippen molar-refractivity contribution in [2.75, 3.05) is 13.6 Å². The molecular weight excluding hydrogens is 1010 g/mol. The number of aliphatic hydroxyl groups excluding tert-OH is 1. The van der Waals surface area contributed by atoms with Crippen LogP contribution in [0.2, 0.25) is 0 Å². The molecule has 5 aromatic rings. The SMILES string of the molecule is CNCc1cn(C(C)(C)C)nn1.Cc1ccsc1-c1ccc(CNC(=O)C2CC(O)CN2C(=O)C(CC(=O)Cc2cn(C(C)(C)C)nn2)C(C)(C)C)cc1.O=C1CCC([N-]C(=O)c2[c-]cccc2)C(=O)N1.[Y]. The van der Waals surface area contributed by atoms with E-state index in [0.717, 1.165) is 23.4 Å². The van der Waals surface area contributed by atoms with Gasteiger partial charge >= 0.3 is 0 Å². The van der Waals surface area contributed by atoms with Gasteiger partial charge in [0.2, 0.25) is 23.6 Å². The van der Waals surface area contributed by atoms with Crippen LogP contribution in [0.3, 0.4) is 0 Å². The number of thiophene rings is 1. The van der Waals surface area contributed by atoms with Crippen LogP contribution in [-0.4, -0.2) is 107 Å². The van der Waals surface area contributed by atoms with Crippen molar-refractivity contribution >= 4 is 46.7 Å². The minimum absolute atomic E-state index is 0. The van der Waals surface area contributed by atoms with Gasteiger partial charge in [0.25, 0.3) is 0 Å². The number of hydrogen-bond donors (Lipinski definition) is 4. The number of carbonyl (C=O) groups is 6. The second kappa shape index (κ2) is 26.1. The predicted octanol–water partition coefficient (Wildman–Crippen LogP) is 6.07. The smallest absolute Gasteiger partial charge is 0.243 e. The van der Waals surface area contributed by atoms with Crippen LogP contribution in [0.1, 0.15) is 121 Å². The second-order valence-corrected chi connectivity index (χ2v) is 21.9. The Morgan fingerprint density at radius 3 is 2.08 bits per heavy atom. The van der Waals surface area contributed by atoms with Gasteiger partial charge in [0.05, 0.1) is 41.2 Å². The molecule has 4 unspecified atom stereocenters. The van der Waals surface area contributed by atoms with Crippen molar-refractivity contribution in [3.05, 3.63) is 112 Å². The minimum Gasteiger partial charge on any atom is -0.684 e. The van der Waals surface area contributed by atoms with Gasteiger partial charge in [-0.25, -0.2) is 9.36 Å². The Balaban J connectivity index is 0.000000304. The quantitative estimate of drug-likeness (QED) is 0.0777. The number of ketones is 1. The van der Waals surface area contributed by atoms with Crippen molar-refractivity contribution < 1.29 is 66.6 Å². The number of rotatable bonds is 13. The third-order valence-electron chi connectivity index (χ3n) is 11.8. The van der Waals surface area contributed by atoms with Gasteiger partial charge in [0, 0.05) is 88.6 Å². The van der Waals surface area contributed by atoms with E-state index in [4.69, 9.17) is 0 Å². The minimum atomic E-state index is -0.804. The normalized spacial score (nSPS) is 17.3. The number of carbonyl (C=O) groups excluding carboxylic acids is 6. The first-order valence-corrected chi connectivity index (χ1v) is 24.7. The summed E-state index contributed by atoms with van der Waals surface area (Å²) in [5.41, 5.74) is 4.40. The Labute approximate surface area is 452 Å². The van der Waals surface area contributed by atoms with Gasteiger partial charge in [-0.3, -0.25) is 29.3 Å². The van der Waals surface area contributed by atoms with Crippen molar-refractivity contribution in [2.45, 2.75) is 144 Å². The number of amides is 5. The van der Waals surface area contributed by atoms with E-state index in [1.807, 2.05) is 83.7 Å². The standard InChI is InChI=1S/C32H43N5O4S.C12H11N2O3.C8H16N4.Y/c1-20-12-13-42-28(20)22-10-8-21(9-11-22)17-33-29(40)27-16-25(39)19-36(27)30(41)26(31(2,3)4)15-24(38)14-23-18-37(35-34-23)32(5,6)7;15-10-7-6-9(12(17)14-10)13-11(16)8-4-2-1-3-5-8;1-8(2,3)12-6-7(5-9-4)10-11-12;/h8-13,18,25-27,39H,14-17,19H2,1-7H3,(H,33,40);1-4,9H,6-7H2,(H2,13,14,15,16,17);6,9H,5H2,1-4H3;/q;-1;;/p-1. The Kier molecular flexibility index (Phi) is 21.4. The molecule has 20 heteroatoms. The number of aromatic nitrogens is 6. The monoisotopic (exact) mass is 1080 g/mol.